The van der Waals surface area contributed by atoms with Gasteiger partial charge in [-0.2, -0.15) is 0 Å². The maximum absolute atomic E-state index is 10.2. The molecule has 1 atom stereocenters. The fourth-order valence-electron chi connectivity index (χ4n) is 1.93. The van der Waals surface area contributed by atoms with E-state index in [4.69, 9.17) is 9.84 Å². The minimum absolute atomic E-state index is 0.201. The predicted octanol–water partition coefficient (Wildman–Crippen LogP) is 4.42. The fraction of sp³-hybridized carbons (Fsp3) is 0.550. The van der Waals surface area contributed by atoms with Crippen LogP contribution in [0.15, 0.2) is 48.6 Å². The summed E-state index contributed by atoms with van der Waals surface area (Å²) < 4.78 is 4.97. The first-order valence-corrected chi connectivity index (χ1v) is 8.77. The highest BCUT2D eigenvalue weighted by atomic mass is 16.5. The third-order valence-electron chi connectivity index (χ3n) is 3.18. The maximum atomic E-state index is 10.2. The summed E-state index contributed by atoms with van der Waals surface area (Å²) in [5.74, 6) is -0.913. The van der Waals surface area contributed by atoms with Gasteiger partial charge in [-0.1, -0.05) is 62.0 Å². The van der Waals surface area contributed by atoms with Crippen LogP contribution >= 0.6 is 0 Å². The molecule has 4 heteroatoms. The molecular weight excluding hydrogens is 304 g/mol. The molecule has 0 radical (unpaired) electrons. The Morgan fingerprint density at radius 2 is 1.88 bits per heavy atom. The SMILES string of the molecule is CCC=CCC(O)C=CC=CCC=CCCCCCOCC(=O)O. The van der Waals surface area contributed by atoms with Crippen molar-refractivity contribution in [3.05, 3.63) is 48.6 Å². The fourth-order valence-corrected chi connectivity index (χ4v) is 1.93. The Morgan fingerprint density at radius 3 is 2.62 bits per heavy atom. The first kappa shape index (κ1) is 22.4. The Hall–Kier alpha value is -1.65. The van der Waals surface area contributed by atoms with Crippen molar-refractivity contribution in [3.63, 3.8) is 0 Å². The van der Waals surface area contributed by atoms with Crippen LogP contribution in [0.1, 0.15) is 51.9 Å². The summed E-state index contributed by atoms with van der Waals surface area (Å²) in [5.41, 5.74) is 0. The molecule has 0 saturated carbocycles. The minimum Gasteiger partial charge on any atom is -0.480 e. The van der Waals surface area contributed by atoms with Gasteiger partial charge in [0.2, 0.25) is 0 Å². The van der Waals surface area contributed by atoms with Gasteiger partial charge in [0.05, 0.1) is 6.10 Å². The molecule has 136 valence electrons. The lowest BCUT2D eigenvalue weighted by Crippen LogP contribution is -2.07. The lowest BCUT2D eigenvalue weighted by Gasteiger charge is -2.00. The van der Waals surface area contributed by atoms with E-state index < -0.39 is 12.1 Å². The number of hydrogen-bond donors (Lipinski definition) is 2. The van der Waals surface area contributed by atoms with Gasteiger partial charge in [-0.25, -0.2) is 4.79 Å². The molecule has 0 fully saturated rings. The number of hydrogen-bond acceptors (Lipinski definition) is 3. The van der Waals surface area contributed by atoms with Crippen molar-refractivity contribution in [2.75, 3.05) is 13.2 Å². The monoisotopic (exact) mass is 336 g/mol. The smallest absolute Gasteiger partial charge is 0.329 e. The molecule has 0 aromatic heterocycles. The van der Waals surface area contributed by atoms with Crippen molar-refractivity contribution in [3.8, 4) is 0 Å². The van der Waals surface area contributed by atoms with E-state index in [0.29, 0.717) is 13.0 Å². The Balaban J connectivity index is 3.48. The summed E-state index contributed by atoms with van der Waals surface area (Å²) in [4.78, 5) is 10.2. The Bertz CT molecular complexity index is 408. The molecule has 0 aliphatic heterocycles. The number of carboxylic acid groups (broad SMARTS) is 1. The number of aliphatic hydroxyl groups excluding tert-OH is 1. The normalized spacial score (nSPS) is 13.8. The van der Waals surface area contributed by atoms with Gasteiger partial charge in [-0.15, -0.1) is 0 Å². The second-order valence-corrected chi connectivity index (χ2v) is 5.50. The number of aliphatic carboxylic acids is 1. The zero-order chi connectivity index (χ0) is 17.9. The van der Waals surface area contributed by atoms with Crippen LogP contribution in [0.5, 0.6) is 0 Å². The molecule has 0 saturated heterocycles. The average molecular weight is 336 g/mol. The van der Waals surface area contributed by atoms with Crippen molar-refractivity contribution in [1.82, 2.24) is 0 Å². The zero-order valence-electron chi connectivity index (χ0n) is 14.8. The summed E-state index contributed by atoms with van der Waals surface area (Å²) in [6.45, 7) is 2.39. The van der Waals surface area contributed by atoms with E-state index in [1.165, 1.54) is 0 Å². The maximum Gasteiger partial charge on any atom is 0.329 e. The number of unbranched alkanes of at least 4 members (excludes halogenated alkanes) is 3. The van der Waals surface area contributed by atoms with Gasteiger partial charge in [0.25, 0.3) is 0 Å². The van der Waals surface area contributed by atoms with E-state index in [2.05, 4.69) is 31.2 Å². The van der Waals surface area contributed by atoms with Crippen LogP contribution in [0.2, 0.25) is 0 Å². The molecule has 0 aliphatic rings. The van der Waals surface area contributed by atoms with Crippen molar-refractivity contribution in [1.29, 1.82) is 0 Å². The van der Waals surface area contributed by atoms with Crippen molar-refractivity contribution in [2.45, 2.75) is 58.0 Å². The van der Waals surface area contributed by atoms with Crippen LogP contribution < -0.4 is 0 Å². The van der Waals surface area contributed by atoms with Crippen molar-refractivity contribution < 1.29 is 19.7 Å². The van der Waals surface area contributed by atoms with E-state index in [1.54, 1.807) is 6.08 Å². The number of rotatable bonds is 15. The average Bonchev–Trinajstić information content (AvgIpc) is 2.55. The summed E-state index contributed by atoms with van der Waals surface area (Å²) in [6.07, 6.45) is 22.3. The molecule has 0 heterocycles. The van der Waals surface area contributed by atoms with E-state index in [9.17, 15) is 9.90 Å². The van der Waals surface area contributed by atoms with E-state index >= 15 is 0 Å². The highest BCUT2D eigenvalue weighted by Crippen LogP contribution is 2.02. The van der Waals surface area contributed by atoms with E-state index in [1.807, 2.05) is 18.2 Å². The van der Waals surface area contributed by atoms with Crippen molar-refractivity contribution >= 4 is 5.97 Å². The standard InChI is InChI=1S/C20H32O4/c1-2-3-12-15-19(21)16-13-10-8-6-4-5-7-9-11-14-17-24-18-20(22)23/h3-5,8,10,12-13,16,19,21H,2,6-7,9,11,14-15,17-18H2,1H3,(H,22,23). The lowest BCUT2D eigenvalue weighted by atomic mass is 10.2. The Labute approximate surface area is 146 Å². The number of aliphatic hydroxyl groups is 1. The van der Waals surface area contributed by atoms with Crippen LogP contribution in [0, 0.1) is 0 Å². The highest BCUT2D eigenvalue weighted by molar-refractivity contribution is 5.67. The van der Waals surface area contributed by atoms with E-state index in [0.717, 1.165) is 38.5 Å². The molecule has 0 amide bonds. The second-order valence-electron chi connectivity index (χ2n) is 5.50. The first-order valence-electron chi connectivity index (χ1n) is 8.77. The van der Waals surface area contributed by atoms with Gasteiger partial charge in [0, 0.05) is 6.61 Å². The number of allylic oxidation sites excluding steroid dienone is 6. The van der Waals surface area contributed by atoms with Gasteiger partial charge in [-0.05, 0) is 38.5 Å². The van der Waals surface area contributed by atoms with Crippen LogP contribution in [-0.2, 0) is 9.53 Å². The minimum atomic E-state index is -0.913. The molecule has 0 aliphatic carbocycles. The zero-order valence-corrected chi connectivity index (χ0v) is 14.8. The van der Waals surface area contributed by atoms with Gasteiger partial charge in [-0.3, -0.25) is 0 Å². The Morgan fingerprint density at radius 1 is 1.04 bits per heavy atom. The molecule has 0 bridgehead atoms. The second kappa shape index (κ2) is 17.7. The quantitative estimate of drug-likeness (QED) is 0.264. The predicted molar refractivity (Wildman–Crippen MR) is 99.0 cm³/mol. The molecular formula is C20H32O4. The van der Waals surface area contributed by atoms with Gasteiger partial charge in [0.1, 0.15) is 6.61 Å². The van der Waals surface area contributed by atoms with E-state index in [-0.39, 0.29) is 6.61 Å². The largest absolute Gasteiger partial charge is 0.480 e. The number of carbonyl (C=O) groups is 1. The molecule has 4 nitrogen and oxygen atoms in total. The summed E-state index contributed by atoms with van der Waals surface area (Å²) in [6, 6.07) is 0. The van der Waals surface area contributed by atoms with Crippen LogP contribution in [-0.4, -0.2) is 35.5 Å². The molecule has 1 unspecified atom stereocenters. The molecule has 0 aromatic rings. The molecule has 24 heavy (non-hydrogen) atoms. The Kier molecular flexibility index (Phi) is 16.5. The third-order valence-corrected chi connectivity index (χ3v) is 3.18. The molecule has 0 rings (SSSR count). The van der Waals surface area contributed by atoms with Gasteiger partial charge < -0.3 is 14.9 Å². The first-order chi connectivity index (χ1) is 11.7. The van der Waals surface area contributed by atoms with Gasteiger partial charge >= 0.3 is 5.97 Å². The molecule has 2 N–H and O–H groups in total. The topological polar surface area (TPSA) is 66.8 Å². The molecule has 0 aromatic carbocycles. The number of carboxylic acids is 1. The lowest BCUT2D eigenvalue weighted by molar-refractivity contribution is -0.142. The molecule has 0 spiro atoms. The summed E-state index contributed by atoms with van der Waals surface area (Å²) in [7, 11) is 0. The third kappa shape index (κ3) is 18.4. The van der Waals surface area contributed by atoms with Crippen LogP contribution in [0.25, 0.3) is 0 Å². The number of ether oxygens (including phenoxy) is 1. The van der Waals surface area contributed by atoms with Crippen LogP contribution in [0.4, 0.5) is 0 Å². The highest BCUT2D eigenvalue weighted by Gasteiger charge is 1.95. The van der Waals surface area contributed by atoms with Gasteiger partial charge in [0.15, 0.2) is 0 Å². The van der Waals surface area contributed by atoms with Crippen LogP contribution in [0.3, 0.4) is 0 Å². The van der Waals surface area contributed by atoms with Crippen molar-refractivity contribution in [2.24, 2.45) is 0 Å². The summed E-state index contributed by atoms with van der Waals surface area (Å²) >= 11 is 0. The summed E-state index contributed by atoms with van der Waals surface area (Å²) in [5, 5.41) is 18.1.